The summed E-state index contributed by atoms with van der Waals surface area (Å²) in [6, 6.07) is 52.8. The van der Waals surface area contributed by atoms with Crippen LogP contribution in [0.25, 0.3) is 71.3 Å². The van der Waals surface area contributed by atoms with E-state index in [1.54, 1.807) is 0 Å². The third-order valence-corrected chi connectivity index (χ3v) is 9.27. The number of hydrogen-bond acceptors (Lipinski definition) is 2. The molecular formula is C43H32N2O. The van der Waals surface area contributed by atoms with Crippen LogP contribution in [0, 0.1) is 0 Å². The van der Waals surface area contributed by atoms with Crippen molar-refractivity contribution in [1.29, 1.82) is 0 Å². The summed E-state index contributed by atoms with van der Waals surface area (Å²) in [5, 5.41) is 7.49. The lowest BCUT2D eigenvalue weighted by molar-refractivity contribution is 0.131. The summed E-state index contributed by atoms with van der Waals surface area (Å²) < 4.78 is 8.65. The highest BCUT2D eigenvalue weighted by Crippen LogP contribution is 2.42. The minimum absolute atomic E-state index is 0.279. The Morgan fingerprint density at radius 3 is 2.09 bits per heavy atom. The second-order valence-electron chi connectivity index (χ2n) is 12.9. The monoisotopic (exact) mass is 592 g/mol. The topological polar surface area (TPSA) is 26.5 Å². The Balaban J connectivity index is 1.32. The van der Waals surface area contributed by atoms with Crippen LogP contribution < -0.4 is 0 Å². The molecule has 0 spiro atoms. The van der Waals surface area contributed by atoms with Crippen LogP contribution in [0.4, 0.5) is 0 Å². The van der Waals surface area contributed by atoms with Crippen molar-refractivity contribution in [3.63, 3.8) is 0 Å². The van der Waals surface area contributed by atoms with E-state index in [2.05, 4.69) is 164 Å². The van der Waals surface area contributed by atoms with Crippen molar-refractivity contribution in [1.82, 2.24) is 4.57 Å². The number of nitrogens with zero attached hydrogens (tertiary/aromatic N) is 2. The number of aromatic nitrogens is 1. The van der Waals surface area contributed by atoms with Crippen molar-refractivity contribution >= 4 is 49.2 Å². The fraction of sp³-hybridized carbons (Fsp3) is 0.0930. The van der Waals surface area contributed by atoms with Gasteiger partial charge in [-0.05, 0) is 100 Å². The van der Waals surface area contributed by atoms with Gasteiger partial charge in [0.05, 0.1) is 17.6 Å². The Hall–Kier alpha value is -5.67. The minimum Gasteiger partial charge on any atom is -0.469 e. The summed E-state index contributed by atoms with van der Waals surface area (Å²) in [5.74, 6) is 0.719. The molecule has 0 bridgehead atoms. The Labute approximate surface area is 268 Å². The van der Waals surface area contributed by atoms with Crippen LogP contribution in [0.2, 0.25) is 0 Å². The zero-order valence-electron chi connectivity index (χ0n) is 25.9. The third-order valence-electron chi connectivity index (χ3n) is 9.27. The molecule has 0 amide bonds. The number of para-hydroxylation sites is 1. The Bertz CT molecular complexity index is 2500. The number of benzene rings is 7. The van der Waals surface area contributed by atoms with Gasteiger partial charge in [0.25, 0.3) is 0 Å². The molecule has 9 rings (SSSR count). The van der Waals surface area contributed by atoms with Crippen LogP contribution in [0.15, 0.2) is 151 Å². The zero-order valence-corrected chi connectivity index (χ0v) is 25.9. The van der Waals surface area contributed by atoms with Crippen LogP contribution in [0.1, 0.15) is 19.4 Å². The van der Waals surface area contributed by atoms with E-state index in [0.29, 0.717) is 6.54 Å². The standard InChI is InChI=1S/C43H32N2O/c1-43(2)27-44-42(46-43)33-14-10-13-32(24-33)38-26-40-41(36-18-9-8-17-35(36)38)37-22-21-31(25-39(37)45(40)34-15-4-3-5-16-34)30-20-19-28-11-6-7-12-29(28)23-30/h3-26H,27H2,1-2H3. The summed E-state index contributed by atoms with van der Waals surface area (Å²) in [4.78, 5) is 4.73. The molecule has 0 aliphatic carbocycles. The van der Waals surface area contributed by atoms with Gasteiger partial charge in [0.15, 0.2) is 0 Å². The Kier molecular flexibility index (Phi) is 5.91. The maximum atomic E-state index is 6.22. The molecule has 0 saturated heterocycles. The smallest absolute Gasteiger partial charge is 0.216 e. The van der Waals surface area contributed by atoms with E-state index in [9.17, 15) is 0 Å². The highest BCUT2D eigenvalue weighted by molar-refractivity contribution is 6.24. The fourth-order valence-corrected chi connectivity index (χ4v) is 7.08. The molecule has 0 radical (unpaired) electrons. The van der Waals surface area contributed by atoms with Crippen LogP contribution >= 0.6 is 0 Å². The van der Waals surface area contributed by atoms with E-state index in [-0.39, 0.29) is 5.60 Å². The average Bonchev–Trinajstić information content (AvgIpc) is 3.64. The number of aliphatic imine (C=N–C) groups is 1. The quantitative estimate of drug-likeness (QED) is 0.200. The molecule has 1 aromatic heterocycles. The third kappa shape index (κ3) is 4.31. The van der Waals surface area contributed by atoms with Crippen LogP contribution in [0.3, 0.4) is 0 Å². The van der Waals surface area contributed by atoms with E-state index in [0.717, 1.165) is 22.7 Å². The lowest BCUT2D eigenvalue weighted by Gasteiger charge is -2.17. The molecule has 3 nitrogen and oxygen atoms in total. The molecule has 0 fully saturated rings. The zero-order chi connectivity index (χ0) is 30.8. The van der Waals surface area contributed by atoms with E-state index in [4.69, 9.17) is 9.73 Å². The second kappa shape index (κ2) is 10.2. The molecule has 1 aliphatic rings. The molecule has 0 atom stereocenters. The second-order valence-corrected chi connectivity index (χ2v) is 12.9. The largest absolute Gasteiger partial charge is 0.469 e. The van der Waals surface area contributed by atoms with Gasteiger partial charge in [0.2, 0.25) is 5.90 Å². The maximum Gasteiger partial charge on any atom is 0.216 e. The summed E-state index contributed by atoms with van der Waals surface area (Å²) >= 11 is 0. The first-order valence-corrected chi connectivity index (χ1v) is 15.9. The van der Waals surface area contributed by atoms with Gasteiger partial charge in [0.1, 0.15) is 5.60 Å². The molecule has 0 unspecified atom stereocenters. The summed E-state index contributed by atoms with van der Waals surface area (Å²) in [5.41, 5.74) is 9.01. The van der Waals surface area contributed by atoms with Crippen LogP contribution in [-0.4, -0.2) is 22.6 Å². The SMILES string of the molecule is CC1(C)CN=C(c2cccc(-c3cc4c(c5ccccc35)c3ccc(-c5ccc6ccccc6c5)cc3n4-c3ccccc3)c2)O1. The maximum absolute atomic E-state index is 6.22. The van der Waals surface area contributed by atoms with Gasteiger partial charge < -0.3 is 9.30 Å². The lowest BCUT2D eigenvalue weighted by atomic mass is 9.93. The van der Waals surface area contributed by atoms with Crippen molar-refractivity contribution in [2.75, 3.05) is 6.54 Å². The van der Waals surface area contributed by atoms with Gasteiger partial charge in [-0.15, -0.1) is 0 Å². The summed E-state index contributed by atoms with van der Waals surface area (Å²) in [6.45, 7) is 4.84. The Morgan fingerprint density at radius 1 is 0.543 bits per heavy atom. The van der Waals surface area contributed by atoms with Crippen molar-refractivity contribution in [2.24, 2.45) is 4.99 Å². The molecule has 3 heteroatoms. The molecule has 0 N–H and O–H groups in total. The number of hydrogen-bond donors (Lipinski definition) is 0. The molecule has 1 aliphatic heterocycles. The summed E-state index contributed by atoms with van der Waals surface area (Å²) in [7, 11) is 0. The average molecular weight is 593 g/mol. The van der Waals surface area contributed by atoms with Gasteiger partial charge in [0, 0.05) is 22.0 Å². The molecule has 0 saturated carbocycles. The van der Waals surface area contributed by atoms with Gasteiger partial charge in [-0.1, -0.05) is 103 Å². The summed E-state index contributed by atoms with van der Waals surface area (Å²) in [6.07, 6.45) is 0. The van der Waals surface area contributed by atoms with Crippen molar-refractivity contribution < 1.29 is 4.74 Å². The number of fused-ring (bicyclic) bond motifs is 6. The Morgan fingerprint density at radius 2 is 1.26 bits per heavy atom. The van der Waals surface area contributed by atoms with E-state index >= 15 is 0 Å². The van der Waals surface area contributed by atoms with Crippen LogP contribution in [0.5, 0.6) is 0 Å². The molecule has 46 heavy (non-hydrogen) atoms. The molecular weight excluding hydrogens is 560 g/mol. The predicted molar refractivity (Wildman–Crippen MR) is 193 cm³/mol. The van der Waals surface area contributed by atoms with Crippen molar-refractivity contribution in [3.05, 3.63) is 151 Å². The fourth-order valence-electron chi connectivity index (χ4n) is 7.08. The number of rotatable bonds is 4. The van der Waals surface area contributed by atoms with Gasteiger partial charge in [-0.25, -0.2) is 4.99 Å². The first-order chi connectivity index (χ1) is 22.5. The lowest BCUT2D eigenvalue weighted by Crippen LogP contribution is -2.24. The first-order valence-electron chi connectivity index (χ1n) is 15.9. The molecule has 7 aromatic carbocycles. The molecule has 2 heterocycles. The normalized spacial score (nSPS) is 14.3. The van der Waals surface area contributed by atoms with E-state index in [1.165, 1.54) is 60.0 Å². The molecule has 8 aromatic rings. The highest BCUT2D eigenvalue weighted by atomic mass is 16.5. The van der Waals surface area contributed by atoms with E-state index < -0.39 is 0 Å². The van der Waals surface area contributed by atoms with Crippen molar-refractivity contribution in [2.45, 2.75) is 19.4 Å². The van der Waals surface area contributed by atoms with Crippen molar-refractivity contribution in [3.8, 4) is 27.9 Å². The minimum atomic E-state index is -0.279. The predicted octanol–water partition coefficient (Wildman–Crippen LogP) is 11.0. The van der Waals surface area contributed by atoms with Crippen LogP contribution in [-0.2, 0) is 4.74 Å². The van der Waals surface area contributed by atoms with E-state index in [1.807, 2.05) is 0 Å². The molecule has 220 valence electrons. The highest BCUT2D eigenvalue weighted by Gasteiger charge is 2.28. The van der Waals surface area contributed by atoms with Gasteiger partial charge >= 0.3 is 0 Å². The van der Waals surface area contributed by atoms with Gasteiger partial charge in [-0.3, -0.25) is 0 Å². The number of ether oxygens (including phenoxy) is 1. The van der Waals surface area contributed by atoms with Gasteiger partial charge in [-0.2, -0.15) is 0 Å². The first kappa shape index (κ1) is 26.7.